The van der Waals surface area contributed by atoms with Gasteiger partial charge in [-0.05, 0) is 36.8 Å². The zero-order valence-electron chi connectivity index (χ0n) is 11.9. The first kappa shape index (κ1) is 14.1. The maximum atomic E-state index is 12.7. The van der Waals surface area contributed by atoms with Crippen LogP contribution in [0.25, 0.3) is 0 Å². The number of fused-ring (bicyclic) bond motifs is 2. The summed E-state index contributed by atoms with van der Waals surface area (Å²) in [6.45, 7) is 1.97. The average molecular weight is 298 g/mol. The van der Waals surface area contributed by atoms with Crippen LogP contribution in [0, 0.1) is 6.92 Å². The standard InChI is InChI=1S/C16H14N2O4/c1-10-4-5-13-12(9-10)18(8-6-14(19)20)16(21)11-3-2-7-17-15(11)22-13/h2-5,7,9H,6,8H2,1H3,(H,19,20). The van der Waals surface area contributed by atoms with Crippen molar-refractivity contribution in [1.82, 2.24) is 4.98 Å². The number of benzene rings is 1. The zero-order chi connectivity index (χ0) is 15.7. The van der Waals surface area contributed by atoms with Gasteiger partial charge in [0.15, 0.2) is 5.75 Å². The molecule has 0 aliphatic carbocycles. The Morgan fingerprint density at radius 3 is 2.95 bits per heavy atom. The van der Waals surface area contributed by atoms with Crippen LogP contribution in [-0.2, 0) is 4.79 Å². The summed E-state index contributed by atoms with van der Waals surface area (Å²) in [5.74, 6) is -0.551. The van der Waals surface area contributed by atoms with Crippen molar-refractivity contribution < 1.29 is 19.4 Å². The van der Waals surface area contributed by atoms with Crippen LogP contribution in [0.1, 0.15) is 22.3 Å². The number of carboxylic acids is 1. The molecule has 1 aromatic carbocycles. The Kier molecular flexibility index (Phi) is 3.50. The van der Waals surface area contributed by atoms with Gasteiger partial charge in [-0.15, -0.1) is 0 Å². The van der Waals surface area contributed by atoms with Crippen LogP contribution in [-0.4, -0.2) is 28.5 Å². The molecule has 3 rings (SSSR count). The molecule has 0 radical (unpaired) electrons. The molecular weight excluding hydrogens is 284 g/mol. The van der Waals surface area contributed by atoms with E-state index in [0.717, 1.165) is 5.56 Å². The number of aromatic nitrogens is 1. The fourth-order valence-corrected chi connectivity index (χ4v) is 2.35. The van der Waals surface area contributed by atoms with Crippen LogP contribution in [0.15, 0.2) is 36.5 Å². The normalized spacial score (nSPS) is 13.0. The van der Waals surface area contributed by atoms with Gasteiger partial charge in [0.1, 0.15) is 5.56 Å². The summed E-state index contributed by atoms with van der Waals surface area (Å²) in [6.07, 6.45) is 1.40. The fourth-order valence-electron chi connectivity index (χ4n) is 2.35. The van der Waals surface area contributed by atoms with E-state index in [1.165, 1.54) is 4.90 Å². The number of carbonyl (C=O) groups is 2. The molecule has 1 N–H and O–H groups in total. The highest BCUT2D eigenvalue weighted by atomic mass is 16.5. The molecular formula is C16H14N2O4. The number of carbonyl (C=O) groups excluding carboxylic acids is 1. The molecule has 0 spiro atoms. The van der Waals surface area contributed by atoms with Crippen molar-refractivity contribution in [2.75, 3.05) is 11.4 Å². The number of amides is 1. The topological polar surface area (TPSA) is 79.7 Å². The SMILES string of the molecule is Cc1ccc2c(c1)N(CCC(=O)O)C(=O)c1cccnc1O2. The third kappa shape index (κ3) is 2.50. The van der Waals surface area contributed by atoms with Gasteiger partial charge in [0.05, 0.1) is 12.1 Å². The Morgan fingerprint density at radius 2 is 2.18 bits per heavy atom. The van der Waals surface area contributed by atoms with Gasteiger partial charge in [0, 0.05) is 12.7 Å². The maximum absolute atomic E-state index is 12.7. The molecule has 1 aromatic heterocycles. The van der Waals surface area contributed by atoms with Gasteiger partial charge in [-0.2, -0.15) is 0 Å². The van der Waals surface area contributed by atoms with E-state index in [1.54, 1.807) is 30.5 Å². The number of rotatable bonds is 3. The zero-order valence-corrected chi connectivity index (χ0v) is 11.9. The summed E-state index contributed by atoms with van der Waals surface area (Å²) in [5, 5.41) is 8.92. The molecule has 1 amide bonds. The minimum Gasteiger partial charge on any atom is -0.481 e. The third-order valence-corrected chi connectivity index (χ3v) is 3.41. The van der Waals surface area contributed by atoms with E-state index >= 15 is 0 Å². The molecule has 0 bridgehead atoms. The molecule has 0 atom stereocenters. The predicted molar refractivity (Wildman–Crippen MR) is 79.4 cm³/mol. The number of carboxylic acid groups (broad SMARTS) is 1. The van der Waals surface area contributed by atoms with Gasteiger partial charge < -0.3 is 14.7 Å². The van der Waals surface area contributed by atoms with E-state index in [2.05, 4.69) is 4.98 Å². The first-order chi connectivity index (χ1) is 10.6. The molecule has 0 saturated heterocycles. The lowest BCUT2D eigenvalue weighted by atomic mass is 10.1. The number of ether oxygens (including phenoxy) is 1. The van der Waals surface area contributed by atoms with Crippen LogP contribution in [0.3, 0.4) is 0 Å². The Labute approximate surface area is 127 Å². The lowest BCUT2D eigenvalue weighted by Gasteiger charge is -2.21. The molecule has 6 heteroatoms. The van der Waals surface area contributed by atoms with Crippen molar-refractivity contribution in [3.63, 3.8) is 0 Å². The molecule has 112 valence electrons. The van der Waals surface area contributed by atoms with Crippen molar-refractivity contribution in [2.24, 2.45) is 0 Å². The number of hydrogen-bond acceptors (Lipinski definition) is 4. The monoisotopic (exact) mass is 298 g/mol. The van der Waals surface area contributed by atoms with Gasteiger partial charge in [-0.1, -0.05) is 6.07 Å². The summed E-state index contributed by atoms with van der Waals surface area (Å²) in [7, 11) is 0. The van der Waals surface area contributed by atoms with Crippen molar-refractivity contribution >= 4 is 17.6 Å². The summed E-state index contributed by atoms with van der Waals surface area (Å²) in [5.41, 5.74) is 1.83. The lowest BCUT2D eigenvalue weighted by Crippen LogP contribution is -2.32. The van der Waals surface area contributed by atoms with Gasteiger partial charge in [0.25, 0.3) is 5.91 Å². The highest BCUT2D eigenvalue weighted by molar-refractivity contribution is 6.09. The van der Waals surface area contributed by atoms with Gasteiger partial charge in [-0.3, -0.25) is 9.59 Å². The third-order valence-electron chi connectivity index (χ3n) is 3.41. The summed E-state index contributed by atoms with van der Waals surface area (Å²) in [4.78, 5) is 29.1. The van der Waals surface area contributed by atoms with Gasteiger partial charge >= 0.3 is 5.97 Å². The van der Waals surface area contributed by atoms with Crippen molar-refractivity contribution in [3.8, 4) is 11.6 Å². The first-order valence-electron chi connectivity index (χ1n) is 6.83. The number of aliphatic carboxylic acids is 1. The average Bonchev–Trinajstić information content (AvgIpc) is 2.60. The summed E-state index contributed by atoms with van der Waals surface area (Å²) in [6, 6.07) is 8.71. The van der Waals surface area contributed by atoms with E-state index in [1.807, 2.05) is 13.0 Å². The Bertz CT molecular complexity index is 758. The van der Waals surface area contributed by atoms with E-state index in [-0.39, 0.29) is 24.8 Å². The molecule has 0 saturated carbocycles. The van der Waals surface area contributed by atoms with Gasteiger partial charge in [-0.25, -0.2) is 4.98 Å². The predicted octanol–water partition coefficient (Wildman–Crippen LogP) is 2.62. The van der Waals surface area contributed by atoms with E-state index in [0.29, 0.717) is 17.0 Å². The first-order valence-corrected chi connectivity index (χ1v) is 6.83. The number of nitrogens with zero attached hydrogens (tertiary/aromatic N) is 2. The number of aryl methyl sites for hydroxylation is 1. The van der Waals surface area contributed by atoms with Crippen LogP contribution in [0.4, 0.5) is 5.69 Å². The quantitative estimate of drug-likeness (QED) is 0.942. The van der Waals surface area contributed by atoms with Crippen LogP contribution < -0.4 is 9.64 Å². The van der Waals surface area contributed by atoms with Crippen molar-refractivity contribution in [3.05, 3.63) is 47.7 Å². The van der Waals surface area contributed by atoms with E-state index in [4.69, 9.17) is 9.84 Å². The summed E-state index contributed by atoms with van der Waals surface area (Å²) < 4.78 is 5.74. The highest BCUT2D eigenvalue weighted by Crippen LogP contribution is 2.38. The highest BCUT2D eigenvalue weighted by Gasteiger charge is 2.29. The molecule has 1 aliphatic rings. The Morgan fingerprint density at radius 1 is 1.36 bits per heavy atom. The van der Waals surface area contributed by atoms with Crippen molar-refractivity contribution in [2.45, 2.75) is 13.3 Å². The van der Waals surface area contributed by atoms with Gasteiger partial charge in [0.2, 0.25) is 5.88 Å². The number of anilines is 1. The van der Waals surface area contributed by atoms with E-state index in [9.17, 15) is 9.59 Å². The van der Waals surface area contributed by atoms with E-state index < -0.39 is 5.97 Å². The second kappa shape index (κ2) is 5.48. The molecule has 0 unspecified atom stereocenters. The Hall–Kier alpha value is -2.89. The number of pyridine rings is 1. The molecule has 2 heterocycles. The number of hydrogen-bond donors (Lipinski definition) is 1. The maximum Gasteiger partial charge on any atom is 0.305 e. The minimum absolute atomic E-state index is 0.0717. The van der Waals surface area contributed by atoms with Crippen LogP contribution in [0.5, 0.6) is 11.6 Å². The van der Waals surface area contributed by atoms with Crippen molar-refractivity contribution in [1.29, 1.82) is 0 Å². The lowest BCUT2D eigenvalue weighted by molar-refractivity contribution is -0.136. The molecule has 6 nitrogen and oxygen atoms in total. The minimum atomic E-state index is -0.960. The fraction of sp³-hybridized carbons (Fsp3) is 0.188. The second-order valence-electron chi connectivity index (χ2n) is 5.03. The van der Waals surface area contributed by atoms with Crippen LogP contribution >= 0.6 is 0 Å². The summed E-state index contributed by atoms with van der Waals surface area (Å²) >= 11 is 0. The second-order valence-corrected chi connectivity index (χ2v) is 5.03. The molecule has 22 heavy (non-hydrogen) atoms. The molecule has 0 fully saturated rings. The van der Waals surface area contributed by atoms with Crippen LogP contribution in [0.2, 0.25) is 0 Å². The molecule has 2 aromatic rings. The Balaban J connectivity index is 2.12. The smallest absolute Gasteiger partial charge is 0.305 e. The largest absolute Gasteiger partial charge is 0.481 e. The molecule has 1 aliphatic heterocycles.